The fraction of sp³-hybridized carbons (Fsp3) is 0.600. The Morgan fingerprint density at radius 2 is 1.74 bits per heavy atom. The summed E-state index contributed by atoms with van der Waals surface area (Å²) >= 11 is 3.12. The quantitative estimate of drug-likeness (QED) is 0.722. The van der Waals surface area contributed by atoms with Crippen molar-refractivity contribution in [3.05, 3.63) is 33.8 Å². The first kappa shape index (κ1) is 16.6. The van der Waals surface area contributed by atoms with E-state index in [1.54, 1.807) is 0 Å². The number of hydrogen-bond donors (Lipinski definition) is 1. The molecule has 0 aliphatic rings. The molecule has 1 rings (SSSR count). The first-order chi connectivity index (χ1) is 9.01. The van der Waals surface area contributed by atoms with Crippen molar-refractivity contribution >= 4 is 15.9 Å². The summed E-state index contributed by atoms with van der Waals surface area (Å²) in [7, 11) is 0. The molecule has 0 saturated carbocycles. The molecular formula is C15H22BrF2N. The van der Waals surface area contributed by atoms with Gasteiger partial charge in [-0.2, -0.15) is 0 Å². The van der Waals surface area contributed by atoms with Crippen molar-refractivity contribution in [2.75, 3.05) is 6.54 Å². The molecule has 1 aromatic rings. The molecule has 0 aromatic heterocycles. The van der Waals surface area contributed by atoms with E-state index in [2.05, 4.69) is 28.2 Å². The number of benzene rings is 1. The van der Waals surface area contributed by atoms with E-state index >= 15 is 0 Å². The van der Waals surface area contributed by atoms with E-state index in [1.807, 2.05) is 13.8 Å². The highest BCUT2D eigenvalue weighted by atomic mass is 79.9. The number of hydrogen-bond acceptors (Lipinski definition) is 1. The van der Waals surface area contributed by atoms with Crippen molar-refractivity contribution < 1.29 is 8.78 Å². The van der Waals surface area contributed by atoms with Crippen molar-refractivity contribution in [2.24, 2.45) is 5.92 Å². The van der Waals surface area contributed by atoms with E-state index in [4.69, 9.17) is 0 Å². The van der Waals surface area contributed by atoms with Gasteiger partial charge in [-0.3, -0.25) is 0 Å². The molecule has 1 aromatic carbocycles. The third-order valence-electron chi connectivity index (χ3n) is 3.28. The molecule has 108 valence electrons. The first-order valence-corrected chi connectivity index (χ1v) is 7.68. The summed E-state index contributed by atoms with van der Waals surface area (Å²) in [5.74, 6) is -0.770. The van der Waals surface area contributed by atoms with Crippen LogP contribution in [0.2, 0.25) is 0 Å². The predicted molar refractivity (Wildman–Crippen MR) is 79.2 cm³/mol. The van der Waals surface area contributed by atoms with Gasteiger partial charge in [0.1, 0.15) is 11.6 Å². The van der Waals surface area contributed by atoms with Gasteiger partial charge in [0.05, 0.1) is 0 Å². The molecule has 0 aliphatic heterocycles. The zero-order chi connectivity index (χ0) is 14.4. The van der Waals surface area contributed by atoms with Crippen LogP contribution in [0.5, 0.6) is 0 Å². The zero-order valence-electron chi connectivity index (χ0n) is 11.8. The molecule has 1 nitrogen and oxygen atoms in total. The second kappa shape index (κ2) is 7.95. The van der Waals surface area contributed by atoms with Gasteiger partial charge in [-0.25, -0.2) is 8.78 Å². The molecule has 4 heteroatoms. The summed E-state index contributed by atoms with van der Waals surface area (Å²) in [5, 5.41) is 3.28. The number of nitrogens with one attached hydrogen (secondary N) is 1. The van der Waals surface area contributed by atoms with Gasteiger partial charge in [-0.15, -0.1) is 0 Å². The maximum atomic E-state index is 14.1. The summed E-state index contributed by atoms with van der Waals surface area (Å²) in [5.41, 5.74) is 0.164. The Morgan fingerprint density at radius 1 is 1.16 bits per heavy atom. The van der Waals surface area contributed by atoms with Crippen LogP contribution < -0.4 is 5.32 Å². The van der Waals surface area contributed by atoms with Gasteiger partial charge in [0, 0.05) is 16.1 Å². The number of rotatable bonds is 7. The lowest BCUT2D eigenvalue weighted by molar-refractivity contribution is 0.341. The minimum absolute atomic E-state index is 0.164. The van der Waals surface area contributed by atoms with Crippen LogP contribution in [0, 0.1) is 17.6 Å². The predicted octanol–water partition coefficient (Wildman–Crippen LogP) is 5.20. The standard InChI is InChI=1S/C15H22BrF2N/c1-4-6-10(3)15(19-7-5-2)14-12(17)8-11(16)9-13(14)18/h8-10,15,19H,4-7H2,1-3H3. The molecule has 0 radical (unpaired) electrons. The molecule has 0 fully saturated rings. The average Bonchev–Trinajstić information content (AvgIpc) is 2.32. The third kappa shape index (κ3) is 4.53. The Hall–Kier alpha value is -0.480. The van der Waals surface area contributed by atoms with Crippen LogP contribution in [0.25, 0.3) is 0 Å². The van der Waals surface area contributed by atoms with E-state index in [0.717, 1.165) is 25.8 Å². The van der Waals surface area contributed by atoms with Gasteiger partial charge >= 0.3 is 0 Å². The average molecular weight is 334 g/mol. The van der Waals surface area contributed by atoms with Crippen molar-refractivity contribution in [2.45, 2.75) is 46.1 Å². The summed E-state index contributed by atoms with van der Waals surface area (Å²) < 4.78 is 28.6. The lowest BCUT2D eigenvalue weighted by Gasteiger charge is -2.26. The van der Waals surface area contributed by atoms with Crippen LogP contribution in [-0.4, -0.2) is 6.54 Å². The molecule has 0 bridgehead atoms. The summed E-state index contributed by atoms with van der Waals surface area (Å²) in [6.07, 6.45) is 2.89. The highest BCUT2D eigenvalue weighted by Crippen LogP contribution is 2.31. The molecular weight excluding hydrogens is 312 g/mol. The van der Waals surface area contributed by atoms with E-state index in [1.165, 1.54) is 12.1 Å². The molecule has 1 N–H and O–H groups in total. The minimum Gasteiger partial charge on any atom is -0.310 e. The smallest absolute Gasteiger partial charge is 0.132 e. The van der Waals surface area contributed by atoms with Gasteiger partial charge in [-0.1, -0.05) is 43.1 Å². The van der Waals surface area contributed by atoms with E-state index in [9.17, 15) is 8.78 Å². The van der Waals surface area contributed by atoms with Crippen LogP contribution in [0.3, 0.4) is 0 Å². The van der Waals surface area contributed by atoms with Gasteiger partial charge in [0.2, 0.25) is 0 Å². The largest absolute Gasteiger partial charge is 0.310 e. The van der Waals surface area contributed by atoms with Gasteiger partial charge in [0.15, 0.2) is 0 Å². The molecule has 0 saturated heterocycles. The molecule has 0 aliphatic carbocycles. The second-order valence-electron chi connectivity index (χ2n) is 4.98. The minimum atomic E-state index is -0.483. The summed E-state index contributed by atoms with van der Waals surface area (Å²) in [6.45, 7) is 6.93. The van der Waals surface area contributed by atoms with E-state index in [-0.39, 0.29) is 17.5 Å². The fourth-order valence-corrected chi connectivity index (χ4v) is 2.76. The molecule has 0 heterocycles. The molecule has 2 unspecified atom stereocenters. The Bertz CT molecular complexity index is 386. The lowest BCUT2D eigenvalue weighted by atomic mass is 9.90. The summed E-state index contributed by atoms with van der Waals surface area (Å²) in [6, 6.07) is 2.39. The Balaban J connectivity index is 3.09. The van der Waals surface area contributed by atoms with Crippen molar-refractivity contribution in [3.8, 4) is 0 Å². The highest BCUT2D eigenvalue weighted by molar-refractivity contribution is 9.10. The SMILES string of the molecule is CCCNC(c1c(F)cc(Br)cc1F)C(C)CCC. The number of halogens is 3. The van der Waals surface area contributed by atoms with E-state index in [0.29, 0.717) is 4.47 Å². The van der Waals surface area contributed by atoms with Gasteiger partial charge in [-0.05, 0) is 37.4 Å². The Morgan fingerprint density at radius 3 is 2.21 bits per heavy atom. The van der Waals surface area contributed by atoms with Crippen LogP contribution in [0.1, 0.15) is 51.6 Å². The van der Waals surface area contributed by atoms with Gasteiger partial charge in [0.25, 0.3) is 0 Å². The third-order valence-corrected chi connectivity index (χ3v) is 3.74. The van der Waals surface area contributed by atoms with E-state index < -0.39 is 11.6 Å². The second-order valence-corrected chi connectivity index (χ2v) is 5.90. The van der Waals surface area contributed by atoms with Crippen LogP contribution in [0.15, 0.2) is 16.6 Å². The Kier molecular flexibility index (Phi) is 6.94. The summed E-state index contributed by atoms with van der Waals surface area (Å²) in [4.78, 5) is 0. The van der Waals surface area contributed by atoms with Crippen molar-refractivity contribution in [1.82, 2.24) is 5.32 Å². The highest BCUT2D eigenvalue weighted by Gasteiger charge is 2.25. The molecule has 0 spiro atoms. The normalized spacial score (nSPS) is 14.4. The van der Waals surface area contributed by atoms with Crippen LogP contribution >= 0.6 is 15.9 Å². The molecule has 0 amide bonds. The molecule has 19 heavy (non-hydrogen) atoms. The monoisotopic (exact) mass is 333 g/mol. The van der Waals surface area contributed by atoms with Crippen LogP contribution in [0.4, 0.5) is 8.78 Å². The lowest BCUT2D eigenvalue weighted by Crippen LogP contribution is -2.29. The van der Waals surface area contributed by atoms with Gasteiger partial charge < -0.3 is 5.32 Å². The maximum Gasteiger partial charge on any atom is 0.132 e. The Labute approximate surface area is 122 Å². The van der Waals surface area contributed by atoms with Crippen LogP contribution in [-0.2, 0) is 0 Å². The van der Waals surface area contributed by atoms with Crippen molar-refractivity contribution in [1.29, 1.82) is 0 Å². The first-order valence-electron chi connectivity index (χ1n) is 6.89. The van der Waals surface area contributed by atoms with Crippen molar-refractivity contribution in [3.63, 3.8) is 0 Å². The maximum absolute atomic E-state index is 14.1. The fourth-order valence-electron chi connectivity index (χ4n) is 2.36. The topological polar surface area (TPSA) is 12.0 Å². The zero-order valence-corrected chi connectivity index (χ0v) is 13.4. The molecule has 2 atom stereocenters.